The van der Waals surface area contributed by atoms with E-state index in [1.165, 1.54) is 6.07 Å². The molecule has 4 aromatic rings. The van der Waals surface area contributed by atoms with E-state index in [4.69, 9.17) is 0 Å². The highest BCUT2D eigenvalue weighted by atomic mass is 32.1. The first-order valence-electron chi connectivity index (χ1n) is 10.8. The summed E-state index contributed by atoms with van der Waals surface area (Å²) in [5.74, 6) is -0.782. The predicted molar refractivity (Wildman–Crippen MR) is 123 cm³/mol. The standard InChI is InChI=1S/C25H24FN3O2S/c26-20-4-3-11-29-18(12-16-7-9-17(10-8-16)22-14-32-15-27-22)13-19(24(20)29)25(31)28-21-5-1-2-6-23(21)30/h3-4,7-11,13-15,21,23,30H,1-2,5-6,12H2,(H,28,31)/t21?,23-/m0/s1. The number of aliphatic hydroxyl groups is 1. The van der Waals surface area contributed by atoms with Crippen LogP contribution in [-0.2, 0) is 6.42 Å². The summed E-state index contributed by atoms with van der Waals surface area (Å²) < 4.78 is 16.5. The van der Waals surface area contributed by atoms with Crippen molar-refractivity contribution in [3.05, 3.63) is 82.2 Å². The zero-order valence-corrected chi connectivity index (χ0v) is 18.3. The average Bonchev–Trinajstić information content (AvgIpc) is 3.46. The number of carbonyl (C=O) groups excluding carboxylic acids is 1. The van der Waals surface area contributed by atoms with Crippen LogP contribution < -0.4 is 5.32 Å². The van der Waals surface area contributed by atoms with Crippen molar-refractivity contribution < 1.29 is 14.3 Å². The van der Waals surface area contributed by atoms with Gasteiger partial charge in [-0.2, -0.15) is 0 Å². The molecule has 1 saturated carbocycles. The molecule has 1 aromatic carbocycles. The van der Waals surface area contributed by atoms with Gasteiger partial charge in [0.05, 0.1) is 34.4 Å². The van der Waals surface area contributed by atoms with Gasteiger partial charge in [-0.25, -0.2) is 9.37 Å². The van der Waals surface area contributed by atoms with Crippen LogP contribution in [0, 0.1) is 5.82 Å². The van der Waals surface area contributed by atoms with E-state index in [2.05, 4.69) is 10.3 Å². The van der Waals surface area contributed by atoms with Gasteiger partial charge in [-0.3, -0.25) is 4.79 Å². The molecule has 1 aliphatic rings. The van der Waals surface area contributed by atoms with Gasteiger partial charge in [0, 0.05) is 29.3 Å². The number of hydrogen-bond acceptors (Lipinski definition) is 4. The molecule has 1 amide bonds. The Morgan fingerprint density at radius 3 is 2.78 bits per heavy atom. The molecular weight excluding hydrogens is 425 g/mol. The molecule has 1 unspecified atom stereocenters. The van der Waals surface area contributed by atoms with Crippen molar-refractivity contribution >= 4 is 22.8 Å². The molecule has 0 spiro atoms. The third-order valence-electron chi connectivity index (χ3n) is 6.18. The second-order valence-electron chi connectivity index (χ2n) is 8.30. The number of fused-ring (bicyclic) bond motifs is 1. The van der Waals surface area contributed by atoms with Gasteiger partial charge in [-0.05, 0) is 36.6 Å². The lowest BCUT2D eigenvalue weighted by Gasteiger charge is -2.28. The normalized spacial score (nSPS) is 18.7. The number of nitrogens with zero attached hydrogens (tertiary/aromatic N) is 2. The summed E-state index contributed by atoms with van der Waals surface area (Å²) in [5.41, 5.74) is 6.26. The number of hydrogen-bond donors (Lipinski definition) is 2. The van der Waals surface area contributed by atoms with E-state index in [9.17, 15) is 14.3 Å². The van der Waals surface area contributed by atoms with Crippen LogP contribution in [0.3, 0.4) is 0 Å². The fourth-order valence-electron chi connectivity index (χ4n) is 4.48. The van der Waals surface area contributed by atoms with Crippen LogP contribution in [0.1, 0.15) is 47.3 Å². The molecule has 0 bridgehead atoms. The highest BCUT2D eigenvalue weighted by molar-refractivity contribution is 7.07. The Labute approximate surface area is 189 Å². The van der Waals surface area contributed by atoms with E-state index in [1.807, 2.05) is 35.2 Å². The van der Waals surface area contributed by atoms with Crippen molar-refractivity contribution in [1.29, 1.82) is 0 Å². The molecule has 2 N–H and O–H groups in total. The lowest BCUT2D eigenvalue weighted by molar-refractivity contribution is 0.0718. The van der Waals surface area contributed by atoms with Gasteiger partial charge in [0.1, 0.15) is 5.82 Å². The lowest BCUT2D eigenvalue weighted by atomic mass is 9.92. The van der Waals surface area contributed by atoms with E-state index in [1.54, 1.807) is 34.1 Å². The predicted octanol–water partition coefficient (Wildman–Crippen LogP) is 4.83. The van der Waals surface area contributed by atoms with E-state index in [-0.39, 0.29) is 17.5 Å². The summed E-state index contributed by atoms with van der Waals surface area (Å²) in [7, 11) is 0. The third-order valence-corrected chi connectivity index (χ3v) is 6.76. The Hall–Kier alpha value is -3.03. The first kappa shape index (κ1) is 20.8. The molecule has 3 aromatic heterocycles. The van der Waals surface area contributed by atoms with Crippen LogP contribution in [0.25, 0.3) is 16.8 Å². The highest BCUT2D eigenvalue weighted by Gasteiger charge is 2.27. The molecule has 7 heteroatoms. The number of halogens is 1. The Morgan fingerprint density at radius 2 is 2.03 bits per heavy atom. The van der Waals surface area contributed by atoms with Crippen molar-refractivity contribution in [1.82, 2.24) is 14.7 Å². The van der Waals surface area contributed by atoms with Crippen molar-refractivity contribution in [3.8, 4) is 11.3 Å². The second kappa shape index (κ2) is 8.84. The van der Waals surface area contributed by atoms with Gasteiger partial charge < -0.3 is 14.8 Å². The van der Waals surface area contributed by atoms with Crippen LogP contribution in [0.5, 0.6) is 0 Å². The minimum absolute atomic E-state index is 0.268. The Bertz CT molecular complexity index is 1230. The van der Waals surface area contributed by atoms with Crippen molar-refractivity contribution in [3.63, 3.8) is 0 Å². The van der Waals surface area contributed by atoms with E-state index >= 15 is 0 Å². The Balaban J connectivity index is 1.44. The average molecular weight is 450 g/mol. The number of aromatic nitrogens is 2. The zero-order valence-electron chi connectivity index (χ0n) is 17.5. The molecule has 5 rings (SSSR count). The van der Waals surface area contributed by atoms with Gasteiger partial charge in [0.15, 0.2) is 0 Å². The molecular formula is C25H24FN3O2S. The summed E-state index contributed by atoms with van der Waals surface area (Å²) in [5, 5.41) is 15.2. The van der Waals surface area contributed by atoms with Crippen LogP contribution in [0.4, 0.5) is 4.39 Å². The molecule has 1 aliphatic carbocycles. The molecule has 2 atom stereocenters. The van der Waals surface area contributed by atoms with E-state index in [0.717, 1.165) is 41.8 Å². The van der Waals surface area contributed by atoms with Crippen molar-refractivity contribution in [2.45, 2.75) is 44.2 Å². The number of nitrogens with one attached hydrogen (secondary N) is 1. The van der Waals surface area contributed by atoms with Crippen LogP contribution in [-0.4, -0.2) is 32.5 Å². The zero-order chi connectivity index (χ0) is 22.1. The summed E-state index contributed by atoms with van der Waals surface area (Å²) in [6, 6.07) is 12.6. The molecule has 0 radical (unpaired) electrons. The largest absolute Gasteiger partial charge is 0.391 e. The van der Waals surface area contributed by atoms with Crippen LogP contribution in [0.15, 0.2) is 59.6 Å². The Morgan fingerprint density at radius 1 is 1.22 bits per heavy atom. The van der Waals surface area contributed by atoms with Gasteiger partial charge >= 0.3 is 0 Å². The van der Waals surface area contributed by atoms with Crippen LogP contribution >= 0.6 is 11.3 Å². The molecule has 0 aliphatic heterocycles. The summed E-state index contributed by atoms with van der Waals surface area (Å²) in [4.78, 5) is 17.4. The first-order chi connectivity index (χ1) is 15.6. The molecule has 1 fully saturated rings. The molecule has 164 valence electrons. The van der Waals surface area contributed by atoms with Gasteiger partial charge in [0.2, 0.25) is 0 Å². The van der Waals surface area contributed by atoms with Gasteiger partial charge in [-0.1, -0.05) is 37.1 Å². The van der Waals surface area contributed by atoms with Crippen LogP contribution in [0.2, 0.25) is 0 Å². The number of thiazole rings is 1. The minimum atomic E-state index is -0.554. The fraction of sp³-hybridized carbons (Fsp3) is 0.280. The van der Waals surface area contributed by atoms with Crippen molar-refractivity contribution in [2.24, 2.45) is 0 Å². The smallest absolute Gasteiger partial charge is 0.253 e. The number of carbonyl (C=O) groups is 1. The van der Waals surface area contributed by atoms with Gasteiger partial charge in [-0.15, -0.1) is 11.3 Å². The quantitative estimate of drug-likeness (QED) is 0.459. The fourth-order valence-corrected chi connectivity index (χ4v) is 5.04. The number of rotatable bonds is 5. The number of benzene rings is 1. The van der Waals surface area contributed by atoms with E-state index in [0.29, 0.717) is 18.4 Å². The maximum Gasteiger partial charge on any atom is 0.253 e. The third kappa shape index (κ3) is 4.06. The number of aliphatic hydroxyl groups excluding tert-OH is 1. The number of amides is 1. The molecule has 32 heavy (non-hydrogen) atoms. The highest BCUT2D eigenvalue weighted by Crippen LogP contribution is 2.25. The summed E-state index contributed by atoms with van der Waals surface area (Å²) >= 11 is 1.56. The summed E-state index contributed by atoms with van der Waals surface area (Å²) in [6.45, 7) is 0. The SMILES string of the molecule is O=C(NC1CCCC[C@@H]1O)c1cc(Cc2ccc(-c3cscn3)cc2)n2cccc(F)c12. The van der Waals surface area contributed by atoms with Gasteiger partial charge in [0.25, 0.3) is 5.91 Å². The molecule has 5 nitrogen and oxygen atoms in total. The Kier molecular flexibility index (Phi) is 5.76. The number of pyridine rings is 1. The monoisotopic (exact) mass is 449 g/mol. The summed E-state index contributed by atoms with van der Waals surface area (Å²) in [6.07, 6.45) is 5.13. The topological polar surface area (TPSA) is 66.6 Å². The maximum atomic E-state index is 14.8. The molecule has 3 heterocycles. The van der Waals surface area contributed by atoms with Crippen molar-refractivity contribution in [2.75, 3.05) is 0 Å². The second-order valence-corrected chi connectivity index (χ2v) is 9.02. The van der Waals surface area contributed by atoms with E-state index < -0.39 is 11.9 Å². The lowest BCUT2D eigenvalue weighted by Crippen LogP contribution is -2.45. The maximum absolute atomic E-state index is 14.8. The minimum Gasteiger partial charge on any atom is -0.391 e. The molecule has 0 saturated heterocycles. The first-order valence-corrected chi connectivity index (χ1v) is 11.8.